The molecule has 0 aliphatic heterocycles. The van der Waals surface area contributed by atoms with Crippen molar-refractivity contribution < 1.29 is 18.3 Å². The van der Waals surface area contributed by atoms with Gasteiger partial charge in [-0.05, 0) is 17.5 Å². The average molecular weight is 326 g/mol. The fraction of sp³-hybridized carbons (Fsp3) is 0.231. The molecule has 0 unspecified atom stereocenters. The van der Waals surface area contributed by atoms with Crippen LogP contribution in [0, 0.1) is 0 Å². The van der Waals surface area contributed by atoms with Crippen LogP contribution in [0.5, 0.6) is 0 Å². The minimum Gasteiger partial charge on any atom is -0.476 e. The number of carboxylic acid groups (broad SMARTS) is 1. The molecule has 2 aromatic rings. The summed E-state index contributed by atoms with van der Waals surface area (Å²) in [7, 11) is -3.98. The lowest BCUT2D eigenvalue weighted by atomic mass is 10.0. The number of nitrogens with one attached hydrogen (secondary N) is 1. The second kappa shape index (κ2) is 5.82. The van der Waals surface area contributed by atoms with Gasteiger partial charge in [0.1, 0.15) is 0 Å². The molecule has 0 atom stereocenters. The molecule has 1 heterocycles. The average Bonchev–Trinajstić information content (AvgIpc) is 2.88. The zero-order valence-electron chi connectivity index (χ0n) is 11.4. The normalized spacial score (nSPS) is 11.6. The predicted molar refractivity (Wildman–Crippen MR) is 80.4 cm³/mol. The summed E-state index contributed by atoms with van der Waals surface area (Å²) in [6, 6.07) is 7.01. The first-order valence-corrected chi connectivity index (χ1v) is 8.47. The number of rotatable bonds is 5. The van der Waals surface area contributed by atoms with E-state index in [1.807, 2.05) is 26.0 Å². The zero-order valence-corrected chi connectivity index (χ0v) is 13.0. The molecule has 0 aliphatic carbocycles. The molecule has 2 rings (SSSR count). The molecule has 0 spiro atoms. The van der Waals surface area contributed by atoms with E-state index in [1.165, 1.54) is 5.51 Å². The number of anilines is 1. The van der Waals surface area contributed by atoms with Crippen LogP contribution < -0.4 is 4.72 Å². The van der Waals surface area contributed by atoms with Crippen LogP contribution in [0.1, 0.15) is 35.8 Å². The minimum absolute atomic E-state index is 0.129. The van der Waals surface area contributed by atoms with Gasteiger partial charge in [0, 0.05) is 0 Å². The number of thiazole rings is 1. The Kier molecular flexibility index (Phi) is 4.29. The molecule has 0 saturated carbocycles. The van der Waals surface area contributed by atoms with Crippen LogP contribution in [0.25, 0.3) is 0 Å². The summed E-state index contributed by atoms with van der Waals surface area (Å²) < 4.78 is 26.9. The third-order valence-corrected chi connectivity index (χ3v) is 5.54. The van der Waals surface area contributed by atoms with E-state index in [2.05, 4.69) is 9.71 Å². The number of para-hydroxylation sites is 1. The Bertz CT molecular complexity index is 766. The Hall–Kier alpha value is -1.93. The van der Waals surface area contributed by atoms with Crippen LogP contribution in [0.2, 0.25) is 0 Å². The second-order valence-electron chi connectivity index (χ2n) is 4.64. The smallest absolute Gasteiger partial charge is 0.356 e. The molecule has 8 heteroatoms. The lowest BCUT2D eigenvalue weighted by Crippen LogP contribution is -2.16. The Morgan fingerprint density at radius 3 is 2.62 bits per heavy atom. The van der Waals surface area contributed by atoms with Gasteiger partial charge in [0.2, 0.25) is 0 Å². The van der Waals surface area contributed by atoms with Crippen molar-refractivity contribution in [1.29, 1.82) is 0 Å². The van der Waals surface area contributed by atoms with Crippen molar-refractivity contribution >= 4 is 33.0 Å². The van der Waals surface area contributed by atoms with Gasteiger partial charge in [-0.25, -0.2) is 18.2 Å². The number of aromatic nitrogens is 1. The first-order valence-electron chi connectivity index (χ1n) is 6.11. The van der Waals surface area contributed by atoms with Crippen molar-refractivity contribution in [3.8, 4) is 0 Å². The monoisotopic (exact) mass is 326 g/mol. The van der Waals surface area contributed by atoms with Gasteiger partial charge in [0.25, 0.3) is 10.0 Å². The molecule has 0 amide bonds. The molecule has 112 valence electrons. The third kappa shape index (κ3) is 3.22. The van der Waals surface area contributed by atoms with Gasteiger partial charge in [0.15, 0.2) is 9.90 Å². The molecule has 0 aliphatic rings. The zero-order chi connectivity index (χ0) is 15.6. The molecular weight excluding hydrogens is 312 g/mol. The van der Waals surface area contributed by atoms with Gasteiger partial charge in [-0.2, -0.15) is 0 Å². The van der Waals surface area contributed by atoms with Crippen LogP contribution in [0.15, 0.2) is 34.0 Å². The first-order chi connectivity index (χ1) is 9.83. The topological polar surface area (TPSA) is 96.4 Å². The highest BCUT2D eigenvalue weighted by Crippen LogP contribution is 2.28. The number of hydrogen-bond acceptors (Lipinski definition) is 5. The van der Waals surface area contributed by atoms with E-state index >= 15 is 0 Å². The van der Waals surface area contributed by atoms with Gasteiger partial charge < -0.3 is 5.11 Å². The predicted octanol–water partition coefficient (Wildman–Crippen LogP) is 2.77. The van der Waals surface area contributed by atoms with E-state index < -0.39 is 21.7 Å². The van der Waals surface area contributed by atoms with Gasteiger partial charge in [-0.1, -0.05) is 32.0 Å². The van der Waals surface area contributed by atoms with Crippen molar-refractivity contribution in [1.82, 2.24) is 4.98 Å². The van der Waals surface area contributed by atoms with Crippen molar-refractivity contribution in [2.45, 2.75) is 24.0 Å². The first kappa shape index (κ1) is 15.5. The summed E-state index contributed by atoms with van der Waals surface area (Å²) in [5.74, 6) is -1.24. The maximum absolute atomic E-state index is 12.4. The van der Waals surface area contributed by atoms with Crippen LogP contribution in [0.3, 0.4) is 0 Å². The van der Waals surface area contributed by atoms with E-state index in [0.717, 1.165) is 16.9 Å². The second-order valence-corrected chi connectivity index (χ2v) is 7.37. The number of aromatic carboxylic acids is 1. The van der Waals surface area contributed by atoms with E-state index in [-0.39, 0.29) is 10.1 Å². The molecule has 6 nitrogen and oxygen atoms in total. The highest BCUT2D eigenvalue weighted by atomic mass is 32.2. The van der Waals surface area contributed by atoms with E-state index in [9.17, 15) is 13.2 Å². The standard InChI is InChI=1S/C13H14N2O4S2/c1-8(2)9-5-3-4-6-10(9)15-21(18,19)13-11(12(16)17)14-7-20-13/h3-8,15H,1-2H3,(H,16,17). The molecule has 1 aromatic heterocycles. The highest BCUT2D eigenvalue weighted by molar-refractivity contribution is 7.94. The summed E-state index contributed by atoms with van der Waals surface area (Å²) in [4.78, 5) is 14.6. The molecule has 1 aromatic carbocycles. The molecule has 0 saturated heterocycles. The lowest BCUT2D eigenvalue weighted by Gasteiger charge is -2.14. The van der Waals surface area contributed by atoms with Crippen LogP contribution in [0.4, 0.5) is 5.69 Å². The molecule has 0 fully saturated rings. The molecule has 0 bridgehead atoms. The molecule has 21 heavy (non-hydrogen) atoms. The van der Waals surface area contributed by atoms with Gasteiger partial charge in [-0.15, -0.1) is 11.3 Å². The molecule has 0 radical (unpaired) electrons. The van der Waals surface area contributed by atoms with Gasteiger partial charge in [-0.3, -0.25) is 4.72 Å². The largest absolute Gasteiger partial charge is 0.476 e. The minimum atomic E-state index is -3.98. The van der Waals surface area contributed by atoms with Crippen LogP contribution in [-0.4, -0.2) is 24.5 Å². The van der Waals surface area contributed by atoms with E-state index in [1.54, 1.807) is 12.1 Å². The Balaban J connectivity index is 2.43. The number of carbonyl (C=O) groups is 1. The van der Waals surface area contributed by atoms with Crippen LogP contribution >= 0.6 is 11.3 Å². The molecular formula is C13H14N2O4S2. The summed E-state index contributed by atoms with van der Waals surface area (Å²) in [6.07, 6.45) is 0. The summed E-state index contributed by atoms with van der Waals surface area (Å²) in [6.45, 7) is 3.89. The lowest BCUT2D eigenvalue weighted by molar-refractivity contribution is 0.0687. The van der Waals surface area contributed by atoms with E-state index in [0.29, 0.717) is 5.69 Å². The SMILES string of the molecule is CC(C)c1ccccc1NS(=O)(=O)c1scnc1C(=O)O. The van der Waals surface area contributed by atoms with Crippen molar-refractivity contribution in [2.24, 2.45) is 0 Å². The number of nitrogens with zero attached hydrogens (tertiary/aromatic N) is 1. The van der Waals surface area contributed by atoms with Crippen molar-refractivity contribution in [3.63, 3.8) is 0 Å². The quantitative estimate of drug-likeness (QED) is 0.880. The Labute approximate surface area is 126 Å². The number of benzene rings is 1. The Morgan fingerprint density at radius 1 is 1.33 bits per heavy atom. The summed E-state index contributed by atoms with van der Waals surface area (Å²) in [5.41, 5.74) is 2.01. The fourth-order valence-corrected chi connectivity index (χ4v) is 4.08. The third-order valence-electron chi connectivity index (χ3n) is 2.81. The summed E-state index contributed by atoms with van der Waals surface area (Å²) >= 11 is 0.776. The molecule has 2 N–H and O–H groups in total. The number of hydrogen-bond donors (Lipinski definition) is 2. The van der Waals surface area contributed by atoms with Gasteiger partial charge in [0.05, 0.1) is 11.2 Å². The Morgan fingerprint density at radius 2 is 2.00 bits per heavy atom. The van der Waals surface area contributed by atoms with E-state index in [4.69, 9.17) is 5.11 Å². The maximum Gasteiger partial charge on any atom is 0.356 e. The highest BCUT2D eigenvalue weighted by Gasteiger charge is 2.26. The van der Waals surface area contributed by atoms with Crippen LogP contribution in [-0.2, 0) is 10.0 Å². The maximum atomic E-state index is 12.4. The summed E-state index contributed by atoms with van der Waals surface area (Å²) in [5, 5.41) is 8.98. The number of carboxylic acids is 1. The van der Waals surface area contributed by atoms with Gasteiger partial charge >= 0.3 is 5.97 Å². The number of sulfonamides is 1. The fourth-order valence-electron chi connectivity index (χ4n) is 1.85. The van der Waals surface area contributed by atoms with Crippen molar-refractivity contribution in [3.05, 3.63) is 41.0 Å². The van der Waals surface area contributed by atoms with Crippen molar-refractivity contribution in [2.75, 3.05) is 4.72 Å².